The fourth-order valence-electron chi connectivity index (χ4n) is 2.29. The van der Waals surface area contributed by atoms with Crippen LogP contribution in [0.4, 0.5) is 11.5 Å². The summed E-state index contributed by atoms with van der Waals surface area (Å²) in [6.07, 6.45) is 1.51. The average Bonchev–Trinajstić information content (AvgIpc) is 2.61. The lowest BCUT2D eigenvalue weighted by Crippen LogP contribution is -2.25. The van der Waals surface area contributed by atoms with Gasteiger partial charge in [0.25, 0.3) is 0 Å². The lowest BCUT2D eigenvalue weighted by Gasteiger charge is -2.11. The molecule has 0 aliphatic rings. The van der Waals surface area contributed by atoms with Crippen molar-refractivity contribution in [3.8, 4) is 11.8 Å². The summed E-state index contributed by atoms with van der Waals surface area (Å²) in [6.45, 7) is 0. The minimum atomic E-state index is -0.637. The summed E-state index contributed by atoms with van der Waals surface area (Å²) >= 11 is 5.95. The topological polar surface area (TPSA) is 97.1 Å². The molecular formula is C18H12ClN5O. The monoisotopic (exact) mass is 349 g/mol. The normalized spacial score (nSPS) is 10.7. The highest BCUT2D eigenvalue weighted by Gasteiger charge is 2.15. The molecule has 0 saturated heterocycles. The summed E-state index contributed by atoms with van der Waals surface area (Å²) in [5, 5.41) is 9.82. The second kappa shape index (κ2) is 6.99. The van der Waals surface area contributed by atoms with Crippen molar-refractivity contribution in [3.63, 3.8) is 0 Å². The van der Waals surface area contributed by atoms with Crippen LogP contribution in [0.25, 0.3) is 5.69 Å². The molecule has 0 amide bonds. The van der Waals surface area contributed by atoms with Crippen LogP contribution in [0.5, 0.6) is 0 Å². The van der Waals surface area contributed by atoms with Crippen LogP contribution in [0.1, 0.15) is 11.3 Å². The van der Waals surface area contributed by atoms with Crippen LogP contribution in [-0.4, -0.2) is 15.8 Å². The molecule has 122 valence electrons. The van der Waals surface area contributed by atoms with Gasteiger partial charge in [0.05, 0.1) is 5.69 Å². The molecular weight excluding hydrogens is 338 g/mol. The van der Waals surface area contributed by atoms with Crippen molar-refractivity contribution in [1.29, 1.82) is 5.26 Å². The van der Waals surface area contributed by atoms with Crippen LogP contribution in [0.2, 0.25) is 5.02 Å². The second-order valence-electron chi connectivity index (χ2n) is 5.07. The van der Waals surface area contributed by atoms with Gasteiger partial charge >= 0.3 is 5.69 Å². The van der Waals surface area contributed by atoms with Crippen molar-refractivity contribution in [3.05, 3.63) is 81.4 Å². The van der Waals surface area contributed by atoms with Crippen molar-refractivity contribution in [2.24, 2.45) is 4.99 Å². The molecule has 3 aromatic rings. The van der Waals surface area contributed by atoms with E-state index in [1.54, 1.807) is 48.5 Å². The van der Waals surface area contributed by atoms with Crippen molar-refractivity contribution >= 4 is 29.3 Å². The van der Waals surface area contributed by atoms with E-state index in [2.05, 4.69) is 9.98 Å². The third-order valence-corrected chi connectivity index (χ3v) is 3.65. The Morgan fingerprint density at radius 1 is 1.20 bits per heavy atom. The molecule has 3 rings (SSSR count). The smallest absolute Gasteiger partial charge is 0.355 e. The highest BCUT2D eigenvalue weighted by molar-refractivity contribution is 6.30. The number of para-hydroxylation sites is 1. The number of nitriles is 1. The SMILES string of the molecule is N#Cc1nc(=O)n(-c2ccccc2)c(N)c1N=Cc1cccc(Cl)c1. The zero-order valence-corrected chi connectivity index (χ0v) is 13.7. The van der Waals surface area contributed by atoms with Gasteiger partial charge in [-0.05, 0) is 29.8 Å². The fourth-order valence-corrected chi connectivity index (χ4v) is 2.49. The van der Waals surface area contributed by atoms with E-state index in [0.29, 0.717) is 10.7 Å². The van der Waals surface area contributed by atoms with E-state index in [4.69, 9.17) is 17.3 Å². The van der Waals surface area contributed by atoms with Gasteiger partial charge in [-0.15, -0.1) is 0 Å². The van der Waals surface area contributed by atoms with Gasteiger partial charge in [0.1, 0.15) is 17.6 Å². The lowest BCUT2D eigenvalue weighted by atomic mass is 10.2. The van der Waals surface area contributed by atoms with E-state index in [-0.39, 0.29) is 17.2 Å². The molecule has 0 radical (unpaired) electrons. The Morgan fingerprint density at radius 3 is 2.64 bits per heavy atom. The number of nitrogens with zero attached hydrogens (tertiary/aromatic N) is 4. The largest absolute Gasteiger partial charge is 0.383 e. The van der Waals surface area contributed by atoms with Crippen LogP contribution in [0.15, 0.2) is 64.4 Å². The van der Waals surface area contributed by atoms with Gasteiger partial charge in [0.15, 0.2) is 5.69 Å². The molecule has 1 aromatic heterocycles. The summed E-state index contributed by atoms with van der Waals surface area (Å²) in [5.41, 5.74) is 6.75. The van der Waals surface area contributed by atoms with Gasteiger partial charge in [0, 0.05) is 11.2 Å². The number of nitrogen functional groups attached to an aromatic ring is 1. The van der Waals surface area contributed by atoms with Gasteiger partial charge in [-0.2, -0.15) is 10.2 Å². The predicted molar refractivity (Wildman–Crippen MR) is 97.7 cm³/mol. The zero-order valence-electron chi connectivity index (χ0n) is 12.9. The first-order valence-electron chi connectivity index (χ1n) is 7.28. The maximum Gasteiger partial charge on any atom is 0.355 e. The quantitative estimate of drug-likeness (QED) is 0.734. The van der Waals surface area contributed by atoms with Crippen LogP contribution >= 0.6 is 11.6 Å². The summed E-state index contributed by atoms with van der Waals surface area (Å²) in [5.74, 6) is 0.0426. The maximum atomic E-state index is 12.2. The predicted octanol–water partition coefficient (Wildman–Crippen LogP) is 3.09. The Balaban J connectivity index is 2.16. The van der Waals surface area contributed by atoms with Crippen LogP contribution in [0.3, 0.4) is 0 Å². The Kier molecular flexibility index (Phi) is 4.59. The summed E-state index contributed by atoms with van der Waals surface area (Å²) < 4.78 is 1.21. The number of nitrogens with two attached hydrogens (primary N) is 1. The molecule has 0 saturated carbocycles. The molecule has 0 unspecified atom stereocenters. The van der Waals surface area contributed by atoms with E-state index in [1.807, 2.05) is 12.1 Å². The maximum absolute atomic E-state index is 12.2. The Hall–Kier alpha value is -3.43. The number of benzene rings is 2. The molecule has 25 heavy (non-hydrogen) atoms. The average molecular weight is 350 g/mol. The minimum Gasteiger partial charge on any atom is -0.383 e. The number of aliphatic imine (C=N–C) groups is 1. The van der Waals surface area contributed by atoms with E-state index in [9.17, 15) is 10.1 Å². The highest BCUT2D eigenvalue weighted by Crippen LogP contribution is 2.25. The molecule has 2 N–H and O–H groups in total. The van der Waals surface area contributed by atoms with Gasteiger partial charge in [-0.25, -0.2) is 14.4 Å². The second-order valence-corrected chi connectivity index (χ2v) is 5.51. The Bertz CT molecular complexity index is 1050. The van der Waals surface area contributed by atoms with Crippen LogP contribution in [-0.2, 0) is 0 Å². The van der Waals surface area contributed by atoms with Gasteiger partial charge < -0.3 is 5.73 Å². The van der Waals surface area contributed by atoms with Gasteiger partial charge in [0.2, 0.25) is 0 Å². The van der Waals surface area contributed by atoms with Crippen molar-refractivity contribution in [2.45, 2.75) is 0 Å². The highest BCUT2D eigenvalue weighted by atomic mass is 35.5. The number of halogens is 1. The number of hydrogen-bond donors (Lipinski definition) is 1. The first-order chi connectivity index (χ1) is 12.1. The Morgan fingerprint density at radius 2 is 1.96 bits per heavy atom. The van der Waals surface area contributed by atoms with Gasteiger partial charge in [-0.3, -0.25) is 0 Å². The number of anilines is 1. The van der Waals surface area contributed by atoms with Crippen LogP contribution in [0, 0.1) is 11.3 Å². The summed E-state index contributed by atoms with van der Waals surface area (Å²) in [6, 6.07) is 17.7. The van der Waals surface area contributed by atoms with Crippen LogP contribution < -0.4 is 11.4 Å². The molecule has 6 nitrogen and oxygen atoms in total. The molecule has 2 aromatic carbocycles. The molecule has 1 heterocycles. The standard InChI is InChI=1S/C18H12ClN5O/c19-13-6-4-5-12(9-13)11-22-16-15(10-20)23-18(25)24(17(16)21)14-7-2-1-3-8-14/h1-9,11H,21H2. The fraction of sp³-hybridized carbons (Fsp3) is 0. The van der Waals surface area contributed by atoms with Crippen molar-refractivity contribution < 1.29 is 0 Å². The lowest BCUT2D eigenvalue weighted by molar-refractivity contribution is 0.918. The molecule has 7 heteroatoms. The van der Waals surface area contributed by atoms with E-state index >= 15 is 0 Å². The molecule has 0 atom stereocenters. The number of hydrogen-bond acceptors (Lipinski definition) is 5. The van der Waals surface area contributed by atoms with E-state index in [1.165, 1.54) is 10.8 Å². The summed E-state index contributed by atoms with van der Waals surface area (Å²) in [4.78, 5) is 20.3. The minimum absolute atomic E-state index is 0.0426. The van der Waals surface area contributed by atoms with Crippen molar-refractivity contribution in [1.82, 2.24) is 9.55 Å². The molecule has 0 bridgehead atoms. The first kappa shape index (κ1) is 16.4. The third-order valence-electron chi connectivity index (χ3n) is 3.42. The number of rotatable bonds is 3. The third kappa shape index (κ3) is 3.42. The number of aromatic nitrogens is 2. The van der Waals surface area contributed by atoms with Crippen molar-refractivity contribution in [2.75, 3.05) is 5.73 Å². The zero-order chi connectivity index (χ0) is 17.8. The molecule has 0 aliphatic heterocycles. The molecule has 0 spiro atoms. The molecule has 0 fully saturated rings. The van der Waals surface area contributed by atoms with E-state index in [0.717, 1.165) is 5.56 Å². The first-order valence-corrected chi connectivity index (χ1v) is 7.65. The molecule has 0 aliphatic carbocycles. The summed E-state index contributed by atoms with van der Waals surface area (Å²) in [7, 11) is 0. The Labute approximate surface area is 148 Å². The van der Waals surface area contributed by atoms with Gasteiger partial charge in [-0.1, -0.05) is 41.9 Å². The van der Waals surface area contributed by atoms with E-state index < -0.39 is 5.69 Å².